The van der Waals surface area contributed by atoms with Crippen molar-refractivity contribution in [3.05, 3.63) is 33.9 Å². The van der Waals surface area contributed by atoms with Crippen LogP contribution in [0, 0.1) is 17.0 Å². The number of nitro benzene ring substituents is 1. The first-order valence-electron chi connectivity index (χ1n) is 6.83. The molecule has 0 saturated carbocycles. The van der Waals surface area contributed by atoms with Crippen LogP contribution in [-0.4, -0.2) is 40.4 Å². The van der Waals surface area contributed by atoms with E-state index in [0.717, 1.165) is 4.90 Å². The van der Waals surface area contributed by atoms with Crippen LogP contribution in [0.5, 0.6) is 0 Å². The number of rotatable bonds is 4. The summed E-state index contributed by atoms with van der Waals surface area (Å²) in [6.45, 7) is 5.38. The number of anilines is 1. The third-order valence-corrected chi connectivity index (χ3v) is 3.81. The van der Waals surface area contributed by atoms with Crippen molar-refractivity contribution < 1.29 is 14.5 Å². The predicted molar refractivity (Wildman–Crippen MR) is 80.6 cm³/mol. The number of nitrogens with zero attached hydrogens (tertiary/aromatic N) is 3. The molecule has 0 aromatic heterocycles. The topological polar surface area (TPSA) is 110 Å². The van der Waals surface area contributed by atoms with Crippen molar-refractivity contribution in [2.75, 3.05) is 18.0 Å². The van der Waals surface area contributed by atoms with Gasteiger partial charge in [-0.05, 0) is 32.9 Å². The van der Waals surface area contributed by atoms with E-state index >= 15 is 0 Å². The SMILES string of the molecule is Cc1cc(N2C(=O)N(CCN)C(C)(C)C2=O)ccc1[N+](=O)[O-]. The molecule has 0 atom stereocenters. The zero-order valence-corrected chi connectivity index (χ0v) is 12.7. The minimum absolute atomic E-state index is 0.0547. The van der Waals surface area contributed by atoms with Gasteiger partial charge in [-0.15, -0.1) is 0 Å². The van der Waals surface area contributed by atoms with Crippen LogP contribution < -0.4 is 10.6 Å². The Hall–Kier alpha value is -2.48. The zero-order chi connectivity index (χ0) is 16.7. The number of nitro groups is 1. The molecule has 8 nitrogen and oxygen atoms in total. The van der Waals surface area contributed by atoms with Crippen LogP contribution in [0.25, 0.3) is 0 Å². The number of hydrogen-bond acceptors (Lipinski definition) is 5. The number of benzene rings is 1. The number of hydrogen-bond donors (Lipinski definition) is 1. The van der Waals surface area contributed by atoms with Gasteiger partial charge >= 0.3 is 6.03 Å². The first-order valence-corrected chi connectivity index (χ1v) is 6.83. The van der Waals surface area contributed by atoms with Gasteiger partial charge in [-0.1, -0.05) is 0 Å². The number of carbonyl (C=O) groups excluding carboxylic acids is 2. The third kappa shape index (κ3) is 2.31. The predicted octanol–water partition coefficient (Wildman–Crippen LogP) is 1.41. The Bertz CT molecular complexity index is 656. The minimum atomic E-state index is -0.994. The van der Waals surface area contributed by atoms with Gasteiger partial charge in [-0.2, -0.15) is 0 Å². The number of nitrogens with two attached hydrogens (primary N) is 1. The van der Waals surface area contributed by atoms with Gasteiger partial charge in [0.05, 0.1) is 10.6 Å². The fourth-order valence-corrected chi connectivity index (χ4v) is 2.55. The molecule has 2 N–H and O–H groups in total. The first kappa shape index (κ1) is 15.9. The number of amides is 3. The molecule has 118 valence electrons. The molecule has 1 aliphatic heterocycles. The lowest BCUT2D eigenvalue weighted by atomic mass is 10.0. The van der Waals surface area contributed by atoms with E-state index in [4.69, 9.17) is 5.73 Å². The second-order valence-corrected chi connectivity index (χ2v) is 5.65. The van der Waals surface area contributed by atoms with Gasteiger partial charge in [0, 0.05) is 24.7 Å². The van der Waals surface area contributed by atoms with Gasteiger partial charge in [0.1, 0.15) is 5.54 Å². The molecule has 0 aliphatic carbocycles. The Morgan fingerprint density at radius 3 is 2.45 bits per heavy atom. The second-order valence-electron chi connectivity index (χ2n) is 5.65. The van der Waals surface area contributed by atoms with E-state index in [9.17, 15) is 19.7 Å². The summed E-state index contributed by atoms with van der Waals surface area (Å²) in [7, 11) is 0. The van der Waals surface area contributed by atoms with Crippen molar-refractivity contribution in [1.29, 1.82) is 0 Å². The van der Waals surface area contributed by atoms with Crippen LogP contribution in [0.4, 0.5) is 16.2 Å². The normalized spacial score (nSPS) is 17.3. The van der Waals surface area contributed by atoms with Crippen LogP contribution in [0.3, 0.4) is 0 Å². The minimum Gasteiger partial charge on any atom is -0.329 e. The molecule has 1 aliphatic rings. The van der Waals surface area contributed by atoms with Gasteiger partial charge in [-0.3, -0.25) is 14.9 Å². The molecule has 0 bridgehead atoms. The monoisotopic (exact) mass is 306 g/mol. The quantitative estimate of drug-likeness (QED) is 0.514. The molecule has 0 spiro atoms. The molecule has 1 aromatic carbocycles. The maximum atomic E-state index is 12.5. The number of imide groups is 1. The second kappa shape index (κ2) is 5.38. The average Bonchev–Trinajstić information content (AvgIpc) is 2.59. The molecule has 1 aromatic rings. The summed E-state index contributed by atoms with van der Waals surface area (Å²) in [6, 6.07) is 3.71. The van der Waals surface area contributed by atoms with E-state index in [1.165, 1.54) is 23.1 Å². The Labute approximate surface area is 127 Å². The van der Waals surface area contributed by atoms with Gasteiger partial charge in [0.15, 0.2) is 0 Å². The van der Waals surface area contributed by atoms with Gasteiger partial charge in [0.25, 0.3) is 11.6 Å². The summed E-state index contributed by atoms with van der Waals surface area (Å²) in [5.74, 6) is -0.376. The van der Waals surface area contributed by atoms with E-state index in [0.29, 0.717) is 11.3 Å². The van der Waals surface area contributed by atoms with Crippen LogP contribution in [0.2, 0.25) is 0 Å². The maximum absolute atomic E-state index is 12.5. The molecule has 2 rings (SSSR count). The van der Waals surface area contributed by atoms with Crippen LogP contribution in [-0.2, 0) is 4.79 Å². The standard InChI is InChI=1S/C14H18N4O4/c1-9-8-10(4-5-11(9)18(21)22)17-12(19)14(2,3)16(7-6-15)13(17)20/h4-5,8H,6-7,15H2,1-3H3. The number of aryl methyl sites for hydroxylation is 1. The van der Waals surface area contributed by atoms with E-state index in [1.807, 2.05) is 0 Å². The molecule has 3 amide bonds. The van der Waals surface area contributed by atoms with E-state index in [1.54, 1.807) is 20.8 Å². The van der Waals surface area contributed by atoms with Gasteiger partial charge < -0.3 is 10.6 Å². The molecule has 1 fully saturated rings. The summed E-state index contributed by atoms with van der Waals surface area (Å²) >= 11 is 0. The largest absolute Gasteiger partial charge is 0.332 e. The van der Waals surface area contributed by atoms with Crippen molar-refractivity contribution >= 4 is 23.3 Å². The van der Waals surface area contributed by atoms with E-state index in [-0.39, 0.29) is 24.7 Å². The highest BCUT2D eigenvalue weighted by Gasteiger charge is 2.51. The zero-order valence-electron chi connectivity index (χ0n) is 12.7. The number of carbonyl (C=O) groups is 2. The van der Waals surface area contributed by atoms with Crippen molar-refractivity contribution in [3.8, 4) is 0 Å². The van der Waals surface area contributed by atoms with E-state index < -0.39 is 16.5 Å². The van der Waals surface area contributed by atoms with Crippen molar-refractivity contribution in [2.45, 2.75) is 26.3 Å². The highest BCUT2D eigenvalue weighted by Crippen LogP contribution is 2.33. The maximum Gasteiger partial charge on any atom is 0.332 e. The lowest BCUT2D eigenvalue weighted by molar-refractivity contribution is -0.385. The Kier molecular flexibility index (Phi) is 3.89. The smallest absolute Gasteiger partial charge is 0.329 e. The van der Waals surface area contributed by atoms with Gasteiger partial charge in [-0.25, -0.2) is 9.69 Å². The lowest BCUT2D eigenvalue weighted by Crippen LogP contribution is -2.46. The highest BCUT2D eigenvalue weighted by molar-refractivity contribution is 6.23. The molecule has 0 unspecified atom stereocenters. The van der Waals surface area contributed by atoms with Crippen molar-refractivity contribution in [2.24, 2.45) is 5.73 Å². The molecule has 8 heteroatoms. The molecular formula is C14H18N4O4. The Morgan fingerprint density at radius 2 is 1.95 bits per heavy atom. The summed E-state index contributed by atoms with van der Waals surface area (Å²) in [5.41, 5.74) is 5.16. The highest BCUT2D eigenvalue weighted by atomic mass is 16.6. The molecule has 0 radical (unpaired) electrons. The molecular weight excluding hydrogens is 288 g/mol. The molecule has 1 saturated heterocycles. The lowest BCUT2D eigenvalue weighted by Gasteiger charge is -2.26. The van der Waals surface area contributed by atoms with E-state index in [2.05, 4.69) is 0 Å². The molecule has 22 heavy (non-hydrogen) atoms. The van der Waals surface area contributed by atoms with Crippen LogP contribution >= 0.6 is 0 Å². The fourth-order valence-electron chi connectivity index (χ4n) is 2.55. The van der Waals surface area contributed by atoms with Crippen molar-refractivity contribution in [3.63, 3.8) is 0 Å². The van der Waals surface area contributed by atoms with Crippen LogP contribution in [0.1, 0.15) is 19.4 Å². The van der Waals surface area contributed by atoms with Crippen molar-refractivity contribution in [1.82, 2.24) is 4.90 Å². The summed E-state index contributed by atoms with van der Waals surface area (Å²) < 4.78 is 0. The van der Waals surface area contributed by atoms with Crippen LogP contribution in [0.15, 0.2) is 18.2 Å². The third-order valence-electron chi connectivity index (χ3n) is 3.81. The van der Waals surface area contributed by atoms with Gasteiger partial charge in [0.2, 0.25) is 0 Å². The fraction of sp³-hybridized carbons (Fsp3) is 0.429. The first-order chi connectivity index (χ1) is 10.2. The number of urea groups is 1. The summed E-state index contributed by atoms with van der Waals surface area (Å²) in [4.78, 5) is 37.8. The average molecular weight is 306 g/mol. The summed E-state index contributed by atoms with van der Waals surface area (Å²) in [6.07, 6.45) is 0. The Balaban J connectivity index is 2.45. The Morgan fingerprint density at radius 1 is 1.32 bits per heavy atom. The summed E-state index contributed by atoms with van der Waals surface area (Å²) in [5, 5.41) is 10.9. The molecule has 1 heterocycles.